The average Bonchev–Trinajstić information content (AvgIpc) is 2.47. The molecule has 106 valence electrons. The van der Waals surface area contributed by atoms with Gasteiger partial charge in [0.25, 0.3) is 0 Å². The summed E-state index contributed by atoms with van der Waals surface area (Å²) in [5, 5.41) is 4.43. The highest BCUT2D eigenvalue weighted by atomic mass is 35.5. The van der Waals surface area contributed by atoms with Gasteiger partial charge in [0.15, 0.2) is 6.29 Å². The van der Waals surface area contributed by atoms with Gasteiger partial charge in [0.05, 0.1) is 5.02 Å². The van der Waals surface area contributed by atoms with Crippen LogP contribution in [0.2, 0.25) is 5.02 Å². The lowest BCUT2D eigenvalue weighted by Crippen LogP contribution is -2.10. The Labute approximate surface area is 129 Å². The molecule has 0 heterocycles. The summed E-state index contributed by atoms with van der Waals surface area (Å²) in [6.07, 6.45) is 0.928. The second-order valence-electron chi connectivity index (χ2n) is 6.40. The molecule has 0 radical (unpaired) electrons. The Morgan fingerprint density at radius 1 is 0.905 bits per heavy atom. The summed E-state index contributed by atoms with van der Waals surface area (Å²) in [5.41, 5.74) is 1.97. The lowest BCUT2D eigenvalue weighted by Gasteiger charge is -2.20. The van der Waals surface area contributed by atoms with Gasteiger partial charge in [0.1, 0.15) is 0 Å². The lowest BCUT2D eigenvalue weighted by molar-refractivity contribution is 0.112. The van der Waals surface area contributed by atoms with Crippen molar-refractivity contribution in [3.63, 3.8) is 0 Å². The number of hydrogen-bond acceptors (Lipinski definition) is 1. The summed E-state index contributed by atoms with van der Waals surface area (Å²) in [6.45, 7) is 6.51. The van der Waals surface area contributed by atoms with Gasteiger partial charge in [-0.3, -0.25) is 4.79 Å². The molecule has 0 saturated heterocycles. The van der Waals surface area contributed by atoms with Crippen molar-refractivity contribution < 1.29 is 4.79 Å². The standard InChI is InChI=1S/C19H17ClO/c1-19(2,3)12-8-9-14-16(10-12)18(20)15-7-5-4-6-13(15)17(14)11-21/h4-11H,1-3H3. The summed E-state index contributed by atoms with van der Waals surface area (Å²) in [4.78, 5) is 11.6. The molecule has 2 heteroatoms. The average molecular weight is 297 g/mol. The van der Waals surface area contributed by atoms with Crippen LogP contribution in [0.5, 0.6) is 0 Å². The van der Waals surface area contributed by atoms with Crippen LogP contribution in [0.4, 0.5) is 0 Å². The number of rotatable bonds is 1. The first-order valence-corrected chi connectivity index (χ1v) is 7.41. The van der Waals surface area contributed by atoms with Crippen LogP contribution in [0.15, 0.2) is 42.5 Å². The van der Waals surface area contributed by atoms with E-state index < -0.39 is 0 Å². The summed E-state index contributed by atoms with van der Waals surface area (Å²) >= 11 is 6.61. The highest BCUT2D eigenvalue weighted by molar-refractivity contribution is 6.42. The van der Waals surface area contributed by atoms with E-state index in [1.807, 2.05) is 30.3 Å². The number of carbonyl (C=O) groups is 1. The largest absolute Gasteiger partial charge is 0.298 e. The molecule has 0 amide bonds. The summed E-state index contributed by atoms with van der Waals surface area (Å²) in [5.74, 6) is 0. The Bertz CT molecular complexity index is 857. The summed E-state index contributed by atoms with van der Waals surface area (Å²) in [6, 6.07) is 14.0. The zero-order chi connectivity index (χ0) is 15.2. The first-order chi connectivity index (χ1) is 9.93. The lowest BCUT2D eigenvalue weighted by atomic mass is 9.85. The Kier molecular flexibility index (Phi) is 3.26. The van der Waals surface area contributed by atoms with Gasteiger partial charge >= 0.3 is 0 Å². The molecule has 3 rings (SSSR count). The molecule has 0 aliphatic rings. The SMILES string of the molecule is CC(C)(C)c1ccc2c(C=O)c3ccccc3c(Cl)c2c1. The molecule has 3 aromatic rings. The summed E-state index contributed by atoms with van der Waals surface area (Å²) in [7, 11) is 0. The predicted molar refractivity (Wildman–Crippen MR) is 90.6 cm³/mol. The molecular formula is C19H17ClO. The number of carbonyl (C=O) groups excluding carboxylic acids is 1. The zero-order valence-corrected chi connectivity index (χ0v) is 13.2. The Morgan fingerprint density at radius 2 is 1.52 bits per heavy atom. The van der Waals surface area contributed by atoms with E-state index in [-0.39, 0.29) is 5.41 Å². The number of fused-ring (bicyclic) bond motifs is 2. The molecule has 0 aliphatic carbocycles. The molecule has 0 aliphatic heterocycles. The maximum atomic E-state index is 11.6. The molecule has 3 aromatic carbocycles. The molecule has 0 spiro atoms. The number of aldehydes is 1. The maximum Gasteiger partial charge on any atom is 0.151 e. The van der Waals surface area contributed by atoms with Crippen molar-refractivity contribution in [3.05, 3.63) is 58.6 Å². The third kappa shape index (κ3) is 2.22. The van der Waals surface area contributed by atoms with E-state index in [1.165, 1.54) is 5.56 Å². The molecule has 1 nitrogen and oxygen atoms in total. The van der Waals surface area contributed by atoms with Crippen LogP contribution >= 0.6 is 11.6 Å². The van der Waals surface area contributed by atoms with E-state index in [9.17, 15) is 4.79 Å². The van der Waals surface area contributed by atoms with Crippen LogP contribution in [0.1, 0.15) is 36.7 Å². The van der Waals surface area contributed by atoms with Crippen LogP contribution in [-0.4, -0.2) is 6.29 Å². The van der Waals surface area contributed by atoms with Gasteiger partial charge < -0.3 is 0 Å². The number of halogens is 1. The molecule has 0 unspecified atom stereocenters. The fourth-order valence-electron chi connectivity index (χ4n) is 2.75. The Balaban J connectivity index is 2.51. The Hall–Kier alpha value is -1.86. The van der Waals surface area contributed by atoms with Gasteiger partial charge in [0.2, 0.25) is 0 Å². The van der Waals surface area contributed by atoms with Gasteiger partial charge in [-0.2, -0.15) is 0 Å². The third-order valence-corrected chi connectivity index (χ3v) is 4.39. The van der Waals surface area contributed by atoms with Gasteiger partial charge in [-0.1, -0.05) is 68.8 Å². The van der Waals surface area contributed by atoms with Crippen LogP contribution in [0.3, 0.4) is 0 Å². The molecular weight excluding hydrogens is 280 g/mol. The van der Waals surface area contributed by atoms with Gasteiger partial charge in [-0.25, -0.2) is 0 Å². The highest BCUT2D eigenvalue weighted by Gasteiger charge is 2.17. The molecule has 0 saturated carbocycles. The minimum absolute atomic E-state index is 0.0461. The molecule has 0 N–H and O–H groups in total. The minimum Gasteiger partial charge on any atom is -0.298 e. The highest BCUT2D eigenvalue weighted by Crippen LogP contribution is 2.37. The van der Waals surface area contributed by atoms with E-state index in [2.05, 4.69) is 32.9 Å². The fourth-order valence-corrected chi connectivity index (χ4v) is 3.07. The molecule has 21 heavy (non-hydrogen) atoms. The number of benzene rings is 3. The monoisotopic (exact) mass is 296 g/mol. The van der Waals surface area contributed by atoms with E-state index in [0.717, 1.165) is 32.9 Å². The van der Waals surface area contributed by atoms with E-state index in [0.29, 0.717) is 5.56 Å². The summed E-state index contributed by atoms with van der Waals surface area (Å²) < 4.78 is 0. The fraction of sp³-hybridized carbons (Fsp3) is 0.211. The van der Waals surface area contributed by atoms with Gasteiger partial charge in [-0.05, 0) is 27.8 Å². The van der Waals surface area contributed by atoms with E-state index in [1.54, 1.807) is 0 Å². The van der Waals surface area contributed by atoms with Crippen molar-refractivity contribution in [1.82, 2.24) is 0 Å². The van der Waals surface area contributed by atoms with Gasteiger partial charge in [-0.15, -0.1) is 0 Å². The van der Waals surface area contributed by atoms with E-state index in [4.69, 9.17) is 11.6 Å². The third-order valence-electron chi connectivity index (χ3n) is 3.98. The van der Waals surface area contributed by atoms with Crippen LogP contribution in [0.25, 0.3) is 21.5 Å². The van der Waals surface area contributed by atoms with Crippen molar-refractivity contribution in [2.24, 2.45) is 0 Å². The molecule has 0 aromatic heterocycles. The maximum absolute atomic E-state index is 11.6. The van der Waals surface area contributed by atoms with Crippen molar-refractivity contribution in [2.75, 3.05) is 0 Å². The van der Waals surface area contributed by atoms with Crippen LogP contribution in [-0.2, 0) is 5.41 Å². The van der Waals surface area contributed by atoms with Crippen LogP contribution < -0.4 is 0 Å². The molecule has 0 fully saturated rings. The normalized spacial score (nSPS) is 12.0. The smallest absolute Gasteiger partial charge is 0.151 e. The second kappa shape index (κ2) is 4.85. The van der Waals surface area contributed by atoms with Crippen molar-refractivity contribution in [2.45, 2.75) is 26.2 Å². The first-order valence-electron chi connectivity index (χ1n) is 7.03. The quantitative estimate of drug-likeness (QED) is 0.412. The number of hydrogen-bond donors (Lipinski definition) is 0. The van der Waals surface area contributed by atoms with E-state index >= 15 is 0 Å². The van der Waals surface area contributed by atoms with Crippen molar-refractivity contribution in [3.8, 4) is 0 Å². The van der Waals surface area contributed by atoms with Crippen molar-refractivity contribution >= 4 is 39.4 Å². The van der Waals surface area contributed by atoms with Crippen molar-refractivity contribution in [1.29, 1.82) is 0 Å². The molecule has 0 bridgehead atoms. The van der Waals surface area contributed by atoms with Crippen LogP contribution in [0, 0.1) is 0 Å². The predicted octanol–water partition coefficient (Wildman–Crippen LogP) is 5.76. The molecule has 0 atom stereocenters. The zero-order valence-electron chi connectivity index (χ0n) is 12.4. The second-order valence-corrected chi connectivity index (χ2v) is 6.78. The topological polar surface area (TPSA) is 17.1 Å². The minimum atomic E-state index is 0.0461. The Morgan fingerprint density at radius 3 is 2.14 bits per heavy atom. The first kappa shape index (κ1) is 14.1. The van der Waals surface area contributed by atoms with Gasteiger partial charge in [0, 0.05) is 16.3 Å².